The van der Waals surface area contributed by atoms with Gasteiger partial charge in [-0.3, -0.25) is 10.1 Å². The Morgan fingerprint density at radius 3 is 2.84 bits per heavy atom. The SMILES string of the molecule is COC(=O)c1c(S)nc(-c2ncc([N+](=O)[O-])s2)n1C. The summed E-state index contributed by atoms with van der Waals surface area (Å²) < 4.78 is 6.06. The van der Waals surface area contributed by atoms with Gasteiger partial charge >= 0.3 is 11.0 Å². The van der Waals surface area contributed by atoms with Crippen LogP contribution in [-0.4, -0.2) is 32.5 Å². The molecule has 0 saturated heterocycles. The molecule has 0 aliphatic heterocycles. The third-order valence-corrected chi connectivity index (χ3v) is 3.58. The fourth-order valence-electron chi connectivity index (χ4n) is 1.45. The molecule has 0 aromatic carbocycles. The van der Waals surface area contributed by atoms with E-state index in [9.17, 15) is 14.9 Å². The molecule has 0 aliphatic rings. The molecule has 2 aromatic rings. The number of hydrogen-bond donors (Lipinski definition) is 1. The Morgan fingerprint density at radius 2 is 2.32 bits per heavy atom. The topological polar surface area (TPSA) is 100 Å². The number of thiol groups is 1. The minimum absolute atomic E-state index is 0.0988. The zero-order valence-electron chi connectivity index (χ0n) is 9.85. The number of aromatic nitrogens is 3. The summed E-state index contributed by atoms with van der Waals surface area (Å²) in [6, 6.07) is 0. The number of imidazole rings is 1. The summed E-state index contributed by atoms with van der Waals surface area (Å²) in [7, 11) is 2.83. The molecule has 0 aliphatic carbocycles. The molecular weight excluding hydrogens is 292 g/mol. The second-order valence-corrected chi connectivity index (χ2v) is 4.85. The summed E-state index contributed by atoms with van der Waals surface area (Å²) in [5, 5.41) is 11.0. The Morgan fingerprint density at radius 1 is 1.63 bits per heavy atom. The Hall–Kier alpha value is -1.94. The molecule has 0 bridgehead atoms. The molecule has 8 nitrogen and oxygen atoms in total. The summed E-state index contributed by atoms with van der Waals surface area (Å²) in [4.78, 5) is 29.6. The van der Waals surface area contributed by atoms with Gasteiger partial charge in [0.25, 0.3) is 0 Å². The second kappa shape index (κ2) is 4.97. The molecule has 0 amide bonds. The molecular formula is C9H8N4O4S2. The zero-order valence-corrected chi connectivity index (χ0v) is 11.6. The van der Waals surface area contributed by atoms with Crippen LogP contribution in [0.3, 0.4) is 0 Å². The fraction of sp³-hybridized carbons (Fsp3) is 0.222. The number of nitro groups is 1. The van der Waals surface area contributed by atoms with Crippen molar-refractivity contribution in [2.75, 3.05) is 7.11 Å². The lowest BCUT2D eigenvalue weighted by atomic mass is 10.5. The maximum atomic E-state index is 11.6. The predicted octanol–water partition coefficient (Wildman–Crippen LogP) is 1.53. The van der Waals surface area contributed by atoms with Crippen LogP contribution in [0.1, 0.15) is 10.5 Å². The van der Waals surface area contributed by atoms with E-state index in [-0.39, 0.29) is 15.7 Å². The van der Waals surface area contributed by atoms with Crippen LogP contribution < -0.4 is 0 Å². The Bertz CT molecular complexity index is 663. The molecule has 0 N–H and O–H groups in total. The second-order valence-electron chi connectivity index (χ2n) is 3.42. The number of thiazole rings is 1. The summed E-state index contributed by atoms with van der Waals surface area (Å²) in [6.07, 6.45) is 1.14. The van der Waals surface area contributed by atoms with E-state index in [2.05, 4.69) is 27.3 Å². The number of methoxy groups -OCH3 is 1. The summed E-state index contributed by atoms with van der Waals surface area (Å²) in [5.74, 6) is -0.263. The lowest BCUT2D eigenvalue weighted by molar-refractivity contribution is -0.380. The molecule has 2 rings (SSSR count). The summed E-state index contributed by atoms with van der Waals surface area (Å²) >= 11 is 4.96. The van der Waals surface area contributed by atoms with E-state index in [1.807, 2.05) is 0 Å². The number of nitrogens with zero attached hydrogens (tertiary/aromatic N) is 4. The van der Waals surface area contributed by atoms with Gasteiger partial charge in [-0.25, -0.2) is 14.8 Å². The number of ether oxygens (including phenoxy) is 1. The van der Waals surface area contributed by atoms with Crippen LogP contribution >= 0.6 is 24.0 Å². The zero-order chi connectivity index (χ0) is 14.2. The number of carbonyl (C=O) groups excluding carboxylic acids is 1. The van der Waals surface area contributed by atoms with Crippen LogP contribution in [0.5, 0.6) is 0 Å². The number of hydrogen-bond acceptors (Lipinski definition) is 8. The first-order valence-electron chi connectivity index (χ1n) is 4.90. The van der Waals surface area contributed by atoms with Crippen molar-refractivity contribution in [3.63, 3.8) is 0 Å². The summed E-state index contributed by atoms with van der Waals surface area (Å²) in [6.45, 7) is 0. The van der Waals surface area contributed by atoms with E-state index < -0.39 is 10.9 Å². The van der Waals surface area contributed by atoms with Crippen molar-refractivity contribution in [2.45, 2.75) is 5.03 Å². The van der Waals surface area contributed by atoms with E-state index in [1.54, 1.807) is 7.05 Å². The average molecular weight is 300 g/mol. The molecule has 0 atom stereocenters. The molecule has 2 heterocycles. The van der Waals surface area contributed by atoms with Gasteiger partial charge in [-0.2, -0.15) is 0 Å². The summed E-state index contributed by atoms with van der Waals surface area (Å²) in [5.41, 5.74) is 0.165. The Kier molecular flexibility index (Phi) is 3.53. The van der Waals surface area contributed by atoms with Gasteiger partial charge < -0.3 is 9.30 Å². The molecule has 0 fully saturated rings. The van der Waals surface area contributed by atoms with Crippen LogP contribution in [-0.2, 0) is 11.8 Å². The first kappa shape index (κ1) is 13.5. The van der Waals surface area contributed by atoms with Gasteiger partial charge in [0, 0.05) is 7.05 Å². The maximum absolute atomic E-state index is 11.6. The van der Waals surface area contributed by atoms with Gasteiger partial charge in [0.2, 0.25) is 0 Å². The first-order valence-corrected chi connectivity index (χ1v) is 6.16. The van der Waals surface area contributed by atoms with Crippen molar-refractivity contribution in [1.29, 1.82) is 0 Å². The Balaban J connectivity index is 2.51. The van der Waals surface area contributed by atoms with Gasteiger partial charge in [-0.1, -0.05) is 0 Å². The molecule has 0 radical (unpaired) electrons. The predicted molar refractivity (Wildman–Crippen MR) is 69.6 cm³/mol. The highest BCUT2D eigenvalue weighted by molar-refractivity contribution is 7.80. The van der Waals surface area contributed by atoms with E-state index >= 15 is 0 Å². The minimum atomic E-state index is -0.586. The van der Waals surface area contributed by atoms with E-state index in [0.717, 1.165) is 17.5 Å². The van der Waals surface area contributed by atoms with Crippen molar-refractivity contribution >= 4 is 34.9 Å². The highest BCUT2D eigenvalue weighted by Gasteiger charge is 2.23. The molecule has 100 valence electrons. The van der Waals surface area contributed by atoms with Crippen LogP contribution in [0.25, 0.3) is 10.8 Å². The fourth-order valence-corrected chi connectivity index (χ4v) is 2.55. The maximum Gasteiger partial charge on any atom is 0.357 e. The lowest BCUT2D eigenvalue weighted by Crippen LogP contribution is -2.08. The van der Waals surface area contributed by atoms with E-state index in [4.69, 9.17) is 0 Å². The van der Waals surface area contributed by atoms with Crippen molar-refractivity contribution in [3.05, 3.63) is 22.0 Å². The van der Waals surface area contributed by atoms with Gasteiger partial charge in [0.05, 0.1) is 12.0 Å². The quantitative estimate of drug-likeness (QED) is 0.399. The molecule has 10 heteroatoms. The average Bonchev–Trinajstić information content (AvgIpc) is 2.94. The highest BCUT2D eigenvalue weighted by atomic mass is 32.1. The third kappa shape index (κ3) is 2.31. The van der Waals surface area contributed by atoms with Crippen molar-refractivity contribution in [3.8, 4) is 10.8 Å². The van der Waals surface area contributed by atoms with Gasteiger partial charge in [0.1, 0.15) is 11.2 Å². The number of esters is 1. The molecule has 19 heavy (non-hydrogen) atoms. The van der Waals surface area contributed by atoms with Crippen molar-refractivity contribution in [2.24, 2.45) is 7.05 Å². The smallest absolute Gasteiger partial charge is 0.357 e. The number of carbonyl (C=O) groups is 1. The normalized spacial score (nSPS) is 10.5. The van der Waals surface area contributed by atoms with Crippen LogP contribution in [0.4, 0.5) is 5.00 Å². The van der Waals surface area contributed by atoms with Gasteiger partial charge in [0.15, 0.2) is 16.5 Å². The monoisotopic (exact) mass is 300 g/mol. The molecule has 0 spiro atoms. The van der Waals surface area contributed by atoms with Gasteiger partial charge in [-0.15, -0.1) is 12.6 Å². The molecule has 2 aromatic heterocycles. The first-order chi connectivity index (χ1) is 8.95. The van der Waals surface area contributed by atoms with Crippen LogP contribution in [0, 0.1) is 10.1 Å². The van der Waals surface area contributed by atoms with Crippen molar-refractivity contribution < 1.29 is 14.5 Å². The van der Waals surface area contributed by atoms with Crippen LogP contribution in [0.2, 0.25) is 0 Å². The van der Waals surface area contributed by atoms with Crippen LogP contribution in [0.15, 0.2) is 11.2 Å². The van der Waals surface area contributed by atoms with E-state index in [1.165, 1.54) is 11.7 Å². The minimum Gasteiger partial charge on any atom is -0.464 e. The largest absolute Gasteiger partial charge is 0.464 e. The highest BCUT2D eigenvalue weighted by Crippen LogP contribution is 2.31. The molecule has 0 saturated carbocycles. The molecule has 0 unspecified atom stereocenters. The standard InChI is InChI=1S/C9H8N4O4S2/c1-12-5(9(14)17-2)7(18)11-6(12)8-10-3-4(19-8)13(15)16/h3,18H,1-2H3. The van der Waals surface area contributed by atoms with E-state index in [0.29, 0.717) is 10.8 Å². The van der Waals surface area contributed by atoms with Gasteiger partial charge in [-0.05, 0) is 11.3 Å². The lowest BCUT2D eigenvalue weighted by Gasteiger charge is -2.02. The Labute approximate surface area is 116 Å². The van der Waals surface area contributed by atoms with Crippen molar-refractivity contribution in [1.82, 2.24) is 14.5 Å². The number of rotatable bonds is 3. The third-order valence-electron chi connectivity index (χ3n) is 2.32.